The van der Waals surface area contributed by atoms with Gasteiger partial charge in [0.2, 0.25) is 59.1 Å². The molecule has 7 atom stereocenters. The minimum Gasteiger partial charge on any atom is -0.373 e. The topological polar surface area (TPSA) is 295 Å². The maximum Gasteiger partial charge on any atom is 0.246 e. The van der Waals surface area contributed by atoms with Gasteiger partial charge in [0, 0.05) is 52.1 Å². The van der Waals surface area contributed by atoms with Crippen molar-refractivity contribution >= 4 is 59.1 Å². The summed E-state index contributed by atoms with van der Waals surface area (Å²) in [5, 5.41) is 25.3. The second-order valence-corrected chi connectivity index (χ2v) is 26.5. The van der Waals surface area contributed by atoms with E-state index in [1.54, 1.807) is 4.90 Å². The summed E-state index contributed by atoms with van der Waals surface area (Å²) >= 11 is 0. The third-order valence-corrected chi connectivity index (χ3v) is 15.2. The van der Waals surface area contributed by atoms with Gasteiger partial charge in [0.1, 0.15) is 46.8 Å². The molecule has 10 amide bonds. The Kier molecular flexibility index (Phi) is 32.5. The van der Waals surface area contributed by atoms with Gasteiger partial charge < -0.3 is 57.5 Å². The number of nitrogens with one attached hydrogen (secondary N) is 9. The lowest BCUT2D eigenvalue weighted by atomic mass is 9.96. The Morgan fingerprint density at radius 2 is 0.988 bits per heavy atom. The van der Waals surface area contributed by atoms with E-state index in [4.69, 9.17) is 4.74 Å². The van der Waals surface area contributed by atoms with Crippen LogP contribution in [0.5, 0.6) is 0 Å². The molecular formula is C62H113N11O11. The van der Waals surface area contributed by atoms with Crippen molar-refractivity contribution in [2.24, 2.45) is 17.8 Å². The lowest BCUT2D eigenvalue weighted by Gasteiger charge is -2.35. The second-order valence-electron chi connectivity index (χ2n) is 26.5. The molecule has 0 aromatic carbocycles. The number of hydrogen-bond acceptors (Lipinski definition) is 12. The lowest BCUT2D eigenvalue weighted by Crippen LogP contribution is -2.65. The number of likely N-dealkylation sites (tertiary alicyclic amines) is 1. The maximum absolute atomic E-state index is 14.3. The van der Waals surface area contributed by atoms with Crippen LogP contribution in [0.1, 0.15) is 220 Å². The SMILES string of the molecule is CCCCCCCCC(NC(=O)[C@@H]1CCCN1C(=O)CCCCC)C(=O)NC(CC(C)C)C(=O)NC(C)(C)C(=O)NC(CC(C)C)C(=O)NC(CC(C)C)C(=O)NC(C)(C)C(=O)NC(C)(C)C(=O)NCCC(=O)NCCN1C[C@@H](C)O[C@@H](C)C1. The molecule has 2 rings (SSSR count). The van der Waals surface area contributed by atoms with Crippen LogP contribution in [0.25, 0.3) is 0 Å². The zero-order chi connectivity index (χ0) is 63.5. The van der Waals surface area contributed by atoms with E-state index in [9.17, 15) is 47.9 Å². The molecule has 0 bridgehead atoms. The van der Waals surface area contributed by atoms with E-state index in [1.807, 2.05) is 55.4 Å². The molecule has 0 radical (unpaired) electrons. The van der Waals surface area contributed by atoms with Crippen molar-refractivity contribution in [3.63, 3.8) is 0 Å². The Morgan fingerprint density at radius 1 is 0.512 bits per heavy atom. The molecule has 2 saturated heterocycles. The lowest BCUT2D eigenvalue weighted by molar-refractivity contribution is -0.140. The fourth-order valence-electron chi connectivity index (χ4n) is 10.5. The molecule has 0 aromatic heterocycles. The molecule has 2 heterocycles. The van der Waals surface area contributed by atoms with E-state index in [2.05, 4.69) is 66.6 Å². The van der Waals surface area contributed by atoms with Gasteiger partial charge in [-0.2, -0.15) is 0 Å². The van der Waals surface area contributed by atoms with Gasteiger partial charge in [-0.15, -0.1) is 0 Å². The van der Waals surface area contributed by atoms with Crippen LogP contribution < -0.4 is 47.9 Å². The molecule has 0 aromatic rings. The molecule has 2 aliphatic rings. The fourth-order valence-corrected chi connectivity index (χ4v) is 10.5. The molecule has 22 heteroatoms. The van der Waals surface area contributed by atoms with E-state index in [-0.39, 0.29) is 74.0 Å². The Morgan fingerprint density at radius 3 is 1.52 bits per heavy atom. The summed E-state index contributed by atoms with van der Waals surface area (Å²) in [6.07, 6.45) is 11.0. The average molecular weight is 1190 g/mol. The molecule has 2 fully saturated rings. The van der Waals surface area contributed by atoms with Crippen LogP contribution in [-0.4, -0.2) is 167 Å². The molecule has 0 saturated carbocycles. The molecule has 4 unspecified atom stereocenters. The first-order chi connectivity index (χ1) is 39.2. The first kappa shape index (κ1) is 74.7. The normalized spacial score (nSPS) is 18.3. The van der Waals surface area contributed by atoms with Gasteiger partial charge in [-0.1, -0.05) is 107 Å². The van der Waals surface area contributed by atoms with Gasteiger partial charge in [0.05, 0.1) is 12.2 Å². The molecular weight excluding hydrogens is 1070 g/mol. The Hall–Kier alpha value is -5.38. The number of carbonyl (C=O) groups is 10. The van der Waals surface area contributed by atoms with Gasteiger partial charge >= 0.3 is 0 Å². The zero-order valence-electron chi connectivity index (χ0n) is 54.4. The largest absolute Gasteiger partial charge is 0.373 e. The summed E-state index contributed by atoms with van der Waals surface area (Å²) in [4.78, 5) is 142. The number of unbranched alkanes of at least 4 members (excludes halogenated alkanes) is 7. The number of ether oxygens (including phenoxy) is 1. The molecule has 0 spiro atoms. The van der Waals surface area contributed by atoms with E-state index >= 15 is 0 Å². The van der Waals surface area contributed by atoms with Crippen LogP contribution in [0.3, 0.4) is 0 Å². The number of rotatable bonds is 38. The predicted octanol–water partition coefficient (Wildman–Crippen LogP) is 4.80. The molecule has 84 heavy (non-hydrogen) atoms. The minimum absolute atomic E-state index is 0.0296. The highest BCUT2D eigenvalue weighted by atomic mass is 16.5. The zero-order valence-corrected chi connectivity index (χ0v) is 54.4. The first-order valence-electron chi connectivity index (χ1n) is 31.6. The summed E-state index contributed by atoms with van der Waals surface area (Å²) in [5.41, 5.74) is -4.66. The summed E-state index contributed by atoms with van der Waals surface area (Å²) < 4.78 is 5.77. The Balaban J connectivity index is 2.17. The van der Waals surface area contributed by atoms with Crippen molar-refractivity contribution < 1.29 is 52.7 Å². The first-order valence-corrected chi connectivity index (χ1v) is 31.6. The summed E-state index contributed by atoms with van der Waals surface area (Å²) in [6, 6.07) is -5.10. The van der Waals surface area contributed by atoms with Crippen molar-refractivity contribution in [2.75, 3.05) is 39.3 Å². The second kappa shape index (κ2) is 36.6. The molecule has 0 aliphatic carbocycles. The van der Waals surface area contributed by atoms with Gasteiger partial charge in [-0.25, -0.2) is 0 Å². The number of carbonyl (C=O) groups excluding carboxylic acids is 10. The van der Waals surface area contributed by atoms with Gasteiger partial charge in [0.15, 0.2) is 0 Å². The van der Waals surface area contributed by atoms with Crippen LogP contribution in [0.2, 0.25) is 0 Å². The summed E-state index contributed by atoms with van der Waals surface area (Å²) in [6.45, 7) is 31.6. The monoisotopic (exact) mass is 1190 g/mol. The molecule has 22 nitrogen and oxygen atoms in total. The van der Waals surface area contributed by atoms with Gasteiger partial charge in [0.25, 0.3) is 0 Å². The van der Waals surface area contributed by atoms with Crippen molar-refractivity contribution in [2.45, 2.75) is 279 Å². The highest BCUT2D eigenvalue weighted by Gasteiger charge is 2.41. The fraction of sp³-hybridized carbons (Fsp3) is 0.839. The van der Waals surface area contributed by atoms with Gasteiger partial charge in [-0.3, -0.25) is 52.8 Å². The number of hydrogen-bond donors (Lipinski definition) is 9. The highest BCUT2D eigenvalue weighted by Crippen LogP contribution is 2.22. The quantitative estimate of drug-likeness (QED) is 0.0377. The van der Waals surface area contributed by atoms with Crippen LogP contribution in [0.15, 0.2) is 0 Å². The van der Waals surface area contributed by atoms with Crippen molar-refractivity contribution in [3.05, 3.63) is 0 Å². The smallest absolute Gasteiger partial charge is 0.246 e. The molecule has 2 aliphatic heterocycles. The van der Waals surface area contributed by atoms with Crippen LogP contribution in [0, 0.1) is 17.8 Å². The number of nitrogens with zero attached hydrogens (tertiary/aromatic N) is 2. The Labute approximate surface area is 503 Å². The Bertz CT molecular complexity index is 2140. The van der Waals surface area contributed by atoms with Crippen molar-refractivity contribution in [1.29, 1.82) is 0 Å². The van der Waals surface area contributed by atoms with E-state index in [1.165, 1.54) is 41.5 Å². The third-order valence-electron chi connectivity index (χ3n) is 15.2. The number of morpholine rings is 1. The summed E-state index contributed by atoms with van der Waals surface area (Å²) in [5.74, 6) is -5.46. The van der Waals surface area contributed by atoms with Crippen LogP contribution >= 0.6 is 0 Å². The predicted molar refractivity (Wildman–Crippen MR) is 327 cm³/mol. The van der Waals surface area contributed by atoms with Crippen LogP contribution in [-0.2, 0) is 52.7 Å². The third kappa shape index (κ3) is 27.3. The van der Waals surface area contributed by atoms with Crippen molar-refractivity contribution in [3.8, 4) is 0 Å². The number of amides is 10. The van der Waals surface area contributed by atoms with Crippen LogP contribution in [0.4, 0.5) is 0 Å². The van der Waals surface area contributed by atoms with E-state index in [0.717, 1.165) is 64.5 Å². The average Bonchev–Trinajstić information content (AvgIpc) is 4.04. The van der Waals surface area contributed by atoms with E-state index < -0.39 is 94.1 Å². The van der Waals surface area contributed by atoms with Crippen molar-refractivity contribution in [1.82, 2.24) is 57.7 Å². The highest BCUT2D eigenvalue weighted by molar-refractivity contribution is 6.00. The standard InChI is InChI=1S/C62H113N11O11/c1-17-19-21-22-23-25-27-45(65-56(80)49-28-26-33-73(49)51(75)29-24-20-18-2)52(76)66-47(36-41(5)6)54(78)69-61(13,14)58(82)68-46(35-40(3)4)53(77)67-48(37-42(7)8)55(79)70-62(15,16)59(83)71-60(11,12)57(81)64-31-30-50(74)63-32-34-72-38-43(9)84-44(10)39-72/h40-49H,17-39H2,1-16H3,(H,63,74)(H,64,81)(H,65,80)(H,66,76)(H,67,77)(H,68,82)(H,69,78)(H,70,79)(H,71,83)/t43-,44+,45?,46?,47?,48?,49-/m0/s1. The maximum atomic E-state index is 14.3. The summed E-state index contributed by atoms with van der Waals surface area (Å²) in [7, 11) is 0. The molecule has 482 valence electrons. The molecule has 9 N–H and O–H groups in total. The minimum atomic E-state index is -1.62. The van der Waals surface area contributed by atoms with E-state index in [0.29, 0.717) is 51.7 Å². The van der Waals surface area contributed by atoms with Gasteiger partial charge in [-0.05, 0) is 118 Å².